The number of halogens is 3. The van der Waals surface area contributed by atoms with E-state index in [1.54, 1.807) is 45.0 Å². The molecular weight excluding hydrogens is 491 g/mol. The summed E-state index contributed by atoms with van der Waals surface area (Å²) in [6, 6.07) is 11.0. The number of carbonyl (C=O) groups excluding carboxylic acids is 2. The number of rotatable bonds is 5. The highest BCUT2D eigenvalue weighted by Gasteiger charge is 2.42. The number of alkyl halides is 3. The predicted molar refractivity (Wildman–Crippen MR) is 129 cm³/mol. The summed E-state index contributed by atoms with van der Waals surface area (Å²) < 4.78 is 50.8. The molecular formula is C25H26F3N5O4. The van der Waals surface area contributed by atoms with Gasteiger partial charge in [-0.3, -0.25) is 4.79 Å². The maximum absolute atomic E-state index is 13.5. The van der Waals surface area contributed by atoms with E-state index in [0.29, 0.717) is 30.9 Å². The number of nitrogens with zero attached hydrogens (tertiary/aromatic N) is 3. The summed E-state index contributed by atoms with van der Waals surface area (Å²) in [5, 5.41) is 5.22. The fourth-order valence-electron chi connectivity index (χ4n) is 3.77. The van der Waals surface area contributed by atoms with Crippen molar-refractivity contribution in [1.29, 1.82) is 0 Å². The van der Waals surface area contributed by atoms with Crippen LogP contribution in [0.25, 0.3) is 11.5 Å². The normalized spacial score (nSPS) is 15.9. The van der Waals surface area contributed by atoms with Gasteiger partial charge in [0, 0.05) is 18.7 Å². The Balaban J connectivity index is 1.41. The highest BCUT2D eigenvalue weighted by molar-refractivity contribution is 6.04. The van der Waals surface area contributed by atoms with Gasteiger partial charge in [-0.25, -0.2) is 14.8 Å². The molecule has 2 N–H and O–H groups in total. The van der Waals surface area contributed by atoms with Crippen LogP contribution in [-0.2, 0) is 10.9 Å². The van der Waals surface area contributed by atoms with Gasteiger partial charge in [-0.05, 0) is 51.5 Å². The minimum Gasteiger partial charge on any atom is -0.444 e. The van der Waals surface area contributed by atoms with Crippen molar-refractivity contribution in [2.24, 2.45) is 0 Å². The van der Waals surface area contributed by atoms with Crippen LogP contribution >= 0.6 is 0 Å². The summed E-state index contributed by atoms with van der Waals surface area (Å²) in [5.74, 6) is -2.27. The fourth-order valence-corrected chi connectivity index (χ4v) is 3.77. The Labute approximate surface area is 211 Å². The molecule has 3 aromatic rings. The van der Waals surface area contributed by atoms with Crippen molar-refractivity contribution < 1.29 is 31.9 Å². The van der Waals surface area contributed by atoms with Crippen molar-refractivity contribution >= 4 is 23.5 Å². The number of aromatic nitrogens is 2. The van der Waals surface area contributed by atoms with Gasteiger partial charge in [0.1, 0.15) is 11.4 Å². The van der Waals surface area contributed by atoms with Crippen LogP contribution in [0.3, 0.4) is 0 Å². The molecule has 196 valence electrons. The van der Waals surface area contributed by atoms with E-state index in [1.165, 1.54) is 24.4 Å². The zero-order valence-electron chi connectivity index (χ0n) is 20.4. The maximum Gasteiger partial charge on any atom is 0.452 e. The summed E-state index contributed by atoms with van der Waals surface area (Å²) in [6.45, 7) is 6.50. The largest absolute Gasteiger partial charge is 0.452 e. The lowest BCUT2D eigenvalue weighted by molar-refractivity contribution is -0.153. The lowest BCUT2D eigenvalue weighted by Gasteiger charge is -2.22. The molecule has 0 radical (unpaired) electrons. The average Bonchev–Trinajstić information content (AvgIpc) is 3.46. The van der Waals surface area contributed by atoms with Crippen LogP contribution < -0.4 is 15.5 Å². The second-order valence-electron chi connectivity index (χ2n) is 9.50. The predicted octanol–water partition coefficient (Wildman–Crippen LogP) is 5.11. The standard InChI is InChI=1S/C25H26F3N5O4/c1-24(2,3)37-23(35)31-17-11-12-33(14-17)18-10-9-16(13-29-18)30-21(34)19-20(25(26,27)28)36-22(32-19)15-7-5-4-6-8-15/h4-10,13,17H,11-12,14H2,1-3H3,(H,30,34)(H,31,35). The van der Waals surface area contributed by atoms with Gasteiger partial charge in [0.05, 0.1) is 17.9 Å². The average molecular weight is 518 g/mol. The van der Waals surface area contributed by atoms with Crippen LogP contribution in [-0.4, -0.2) is 46.7 Å². The molecule has 2 aromatic heterocycles. The smallest absolute Gasteiger partial charge is 0.444 e. The molecule has 3 heterocycles. The van der Waals surface area contributed by atoms with Gasteiger partial charge in [0.15, 0.2) is 5.69 Å². The Hall–Kier alpha value is -4.09. The number of benzene rings is 1. The Bertz CT molecular complexity index is 1250. The second kappa shape index (κ2) is 10.1. The number of carbonyl (C=O) groups is 2. The first-order valence-electron chi connectivity index (χ1n) is 11.5. The van der Waals surface area contributed by atoms with Crippen molar-refractivity contribution in [3.63, 3.8) is 0 Å². The van der Waals surface area contributed by atoms with E-state index in [0.717, 1.165) is 0 Å². The third-order valence-corrected chi connectivity index (χ3v) is 5.36. The van der Waals surface area contributed by atoms with E-state index in [-0.39, 0.29) is 17.6 Å². The van der Waals surface area contributed by atoms with Crippen molar-refractivity contribution in [1.82, 2.24) is 15.3 Å². The van der Waals surface area contributed by atoms with E-state index in [2.05, 4.69) is 20.6 Å². The van der Waals surface area contributed by atoms with Crippen molar-refractivity contribution in [2.45, 2.75) is 45.0 Å². The van der Waals surface area contributed by atoms with Gasteiger partial charge in [0.2, 0.25) is 11.7 Å². The van der Waals surface area contributed by atoms with Crippen LogP contribution in [0.1, 0.15) is 43.4 Å². The van der Waals surface area contributed by atoms with Crippen molar-refractivity contribution in [3.05, 3.63) is 60.1 Å². The van der Waals surface area contributed by atoms with E-state index >= 15 is 0 Å². The summed E-state index contributed by atoms with van der Waals surface area (Å²) in [4.78, 5) is 34.7. The molecule has 1 saturated heterocycles. The van der Waals surface area contributed by atoms with Gasteiger partial charge in [-0.1, -0.05) is 18.2 Å². The molecule has 1 fully saturated rings. The monoisotopic (exact) mass is 517 g/mol. The van der Waals surface area contributed by atoms with Crippen molar-refractivity contribution in [2.75, 3.05) is 23.3 Å². The van der Waals surface area contributed by atoms with Gasteiger partial charge in [-0.2, -0.15) is 13.2 Å². The molecule has 0 bridgehead atoms. The molecule has 0 aliphatic carbocycles. The maximum atomic E-state index is 13.5. The van der Waals surface area contributed by atoms with Crippen LogP contribution in [0.4, 0.5) is 29.5 Å². The minimum absolute atomic E-state index is 0.122. The molecule has 0 saturated carbocycles. The fraction of sp³-hybridized carbons (Fsp3) is 0.360. The van der Waals surface area contributed by atoms with Crippen molar-refractivity contribution in [3.8, 4) is 11.5 Å². The lowest BCUT2D eigenvalue weighted by atomic mass is 10.2. The second-order valence-corrected chi connectivity index (χ2v) is 9.50. The summed E-state index contributed by atoms with van der Waals surface area (Å²) in [6.07, 6.45) is -3.37. The van der Waals surface area contributed by atoms with Gasteiger partial charge in [0.25, 0.3) is 5.91 Å². The molecule has 9 nitrogen and oxygen atoms in total. The first-order valence-corrected chi connectivity index (χ1v) is 11.5. The number of pyridine rings is 1. The third-order valence-electron chi connectivity index (χ3n) is 5.36. The van der Waals surface area contributed by atoms with Gasteiger partial charge >= 0.3 is 12.3 Å². The van der Waals surface area contributed by atoms with Crippen LogP contribution in [0, 0.1) is 0 Å². The van der Waals surface area contributed by atoms with Gasteiger partial charge < -0.3 is 24.7 Å². The molecule has 1 unspecified atom stereocenters. The summed E-state index contributed by atoms with van der Waals surface area (Å²) in [7, 11) is 0. The number of hydrogen-bond donors (Lipinski definition) is 2. The number of oxazole rings is 1. The Morgan fingerprint density at radius 2 is 1.84 bits per heavy atom. The first-order chi connectivity index (χ1) is 17.4. The van der Waals surface area contributed by atoms with Crippen LogP contribution in [0.15, 0.2) is 53.1 Å². The molecule has 37 heavy (non-hydrogen) atoms. The molecule has 1 atom stereocenters. The molecule has 1 aliphatic rings. The van der Waals surface area contributed by atoms with E-state index in [9.17, 15) is 22.8 Å². The highest BCUT2D eigenvalue weighted by atomic mass is 19.4. The third kappa shape index (κ3) is 6.57. The number of ether oxygens (including phenoxy) is 1. The van der Waals surface area contributed by atoms with Crippen LogP contribution in [0.2, 0.25) is 0 Å². The Morgan fingerprint density at radius 3 is 2.46 bits per heavy atom. The number of nitrogens with one attached hydrogen (secondary N) is 2. The quantitative estimate of drug-likeness (QED) is 0.484. The van der Waals surface area contributed by atoms with Crippen LogP contribution in [0.5, 0.6) is 0 Å². The zero-order chi connectivity index (χ0) is 26.8. The SMILES string of the molecule is CC(C)(C)OC(=O)NC1CCN(c2ccc(NC(=O)c3nc(-c4ccccc4)oc3C(F)(F)F)cn2)C1. The van der Waals surface area contributed by atoms with E-state index < -0.39 is 35.2 Å². The molecule has 4 rings (SSSR count). The summed E-state index contributed by atoms with van der Waals surface area (Å²) >= 11 is 0. The van der Waals surface area contributed by atoms with E-state index in [1.807, 2.05) is 4.90 Å². The molecule has 0 spiro atoms. The lowest BCUT2D eigenvalue weighted by Crippen LogP contribution is -2.40. The first kappa shape index (κ1) is 26.0. The van der Waals surface area contributed by atoms with Gasteiger partial charge in [-0.15, -0.1) is 0 Å². The zero-order valence-corrected chi connectivity index (χ0v) is 20.4. The highest BCUT2D eigenvalue weighted by Crippen LogP contribution is 2.35. The number of anilines is 2. The molecule has 2 amide bonds. The minimum atomic E-state index is -4.91. The Morgan fingerprint density at radius 1 is 1.11 bits per heavy atom. The number of amides is 2. The van der Waals surface area contributed by atoms with E-state index in [4.69, 9.17) is 9.15 Å². The Kier molecular flexibility index (Phi) is 7.10. The number of alkyl carbamates (subject to hydrolysis) is 1. The molecule has 12 heteroatoms. The molecule has 1 aromatic carbocycles. The topological polar surface area (TPSA) is 110 Å². The summed E-state index contributed by atoms with van der Waals surface area (Å²) in [5.41, 5.74) is -0.969. The number of hydrogen-bond acceptors (Lipinski definition) is 7. The molecule has 1 aliphatic heterocycles.